The fraction of sp³-hybridized carbons (Fsp3) is 0.432. The predicted octanol–water partition coefficient (Wildman–Crippen LogP) is 3.97. The van der Waals surface area contributed by atoms with Gasteiger partial charge >= 0.3 is 0 Å². The first-order chi connectivity index (χ1) is 21.5. The SMILES string of the molecule is CCC1(N)C/C=C/C(=O)N(C)[C@@H](C(=O)N(C)[C@H](Cc2ccccc2)C(=O)NC[C@@H](C)O)Cc2ccc3c(c2)CC/C(=C\C=C/3)C1. The summed E-state index contributed by atoms with van der Waals surface area (Å²) in [4.78, 5) is 44.3. The van der Waals surface area contributed by atoms with E-state index in [1.165, 1.54) is 27.0 Å². The maximum atomic E-state index is 14.4. The van der Waals surface area contributed by atoms with Crippen molar-refractivity contribution in [2.75, 3.05) is 20.6 Å². The molecule has 8 nitrogen and oxygen atoms in total. The lowest BCUT2D eigenvalue weighted by Crippen LogP contribution is -2.56. The van der Waals surface area contributed by atoms with E-state index in [0.717, 1.165) is 42.4 Å². The summed E-state index contributed by atoms with van der Waals surface area (Å²) in [5.74, 6) is -1.00. The first-order valence-electron chi connectivity index (χ1n) is 16.0. The molecule has 1 heterocycles. The lowest BCUT2D eigenvalue weighted by molar-refractivity contribution is -0.146. The van der Waals surface area contributed by atoms with Crippen LogP contribution in [0.1, 0.15) is 61.8 Å². The van der Waals surface area contributed by atoms with Crippen LogP contribution in [-0.2, 0) is 33.6 Å². The van der Waals surface area contributed by atoms with Crippen LogP contribution in [0.5, 0.6) is 0 Å². The Morgan fingerprint density at radius 3 is 2.62 bits per heavy atom. The lowest BCUT2D eigenvalue weighted by Gasteiger charge is -2.34. The van der Waals surface area contributed by atoms with Gasteiger partial charge in [-0.25, -0.2) is 0 Å². The second kappa shape index (κ2) is 15.3. The molecule has 8 heteroatoms. The van der Waals surface area contributed by atoms with Gasteiger partial charge in [0.1, 0.15) is 12.1 Å². The molecule has 0 saturated heterocycles. The number of hydrogen-bond donors (Lipinski definition) is 3. The van der Waals surface area contributed by atoms with Crippen molar-refractivity contribution in [3.8, 4) is 0 Å². The Kier molecular flexibility index (Phi) is 11.5. The summed E-state index contributed by atoms with van der Waals surface area (Å²) in [5.41, 5.74) is 11.8. The summed E-state index contributed by atoms with van der Waals surface area (Å²) in [6.07, 6.45) is 13.3. The quantitative estimate of drug-likeness (QED) is 0.418. The number of aliphatic hydroxyl groups is 1. The Labute approximate surface area is 267 Å². The highest BCUT2D eigenvalue weighted by molar-refractivity contribution is 5.95. The van der Waals surface area contributed by atoms with E-state index < -0.39 is 23.7 Å². The number of allylic oxidation sites excluding steroid dienone is 2. The Hall–Kier alpha value is -4.01. The number of likely N-dealkylation sites (N-methyl/N-ethyl adjacent to an activating group) is 2. The zero-order valence-corrected chi connectivity index (χ0v) is 27.0. The Bertz CT molecular complexity index is 1450. The number of fused-ring (bicyclic) bond motifs is 3. The molecule has 1 aliphatic carbocycles. The van der Waals surface area contributed by atoms with Gasteiger partial charge < -0.3 is 26.0 Å². The summed E-state index contributed by atoms with van der Waals surface area (Å²) in [6, 6.07) is 14.0. The minimum absolute atomic E-state index is 0.0691. The average Bonchev–Trinajstić information content (AvgIpc) is 3.02. The van der Waals surface area contributed by atoms with E-state index in [1.807, 2.05) is 42.5 Å². The van der Waals surface area contributed by atoms with Crippen LogP contribution in [0.4, 0.5) is 0 Å². The number of nitrogens with zero attached hydrogens (tertiary/aromatic N) is 2. The van der Waals surface area contributed by atoms with Gasteiger partial charge in [0.15, 0.2) is 0 Å². The maximum Gasteiger partial charge on any atom is 0.246 e. The van der Waals surface area contributed by atoms with Gasteiger partial charge in [-0.1, -0.05) is 85.3 Å². The Balaban J connectivity index is 1.71. The first-order valence-corrected chi connectivity index (χ1v) is 16.0. The van der Waals surface area contributed by atoms with Gasteiger partial charge in [0.2, 0.25) is 17.7 Å². The molecule has 2 aromatic carbocycles. The standard InChI is InChI=1S/C37H48N4O4/c1-5-37(38)20-10-15-34(43)40(3)33(23-29-17-18-30-14-9-13-28(24-37)16-19-31(30)21-29)36(45)41(4)32(35(44)39-25-26(2)42)22-27-11-7-6-8-12-27/h6-15,17-18,21,26,32-33,42H,5,16,19-20,22-25,38H2,1-4H3,(H,39,44)/b14-9-,15-10+,28-13+/t26-,32-,33-,37?/m1/s1. The molecule has 3 amide bonds. The maximum absolute atomic E-state index is 14.4. The van der Waals surface area contributed by atoms with Crippen molar-refractivity contribution in [1.82, 2.24) is 15.1 Å². The summed E-state index contributed by atoms with van der Waals surface area (Å²) in [6.45, 7) is 3.74. The molecule has 1 aliphatic heterocycles. The van der Waals surface area contributed by atoms with E-state index in [4.69, 9.17) is 5.73 Å². The van der Waals surface area contributed by atoms with Crippen molar-refractivity contribution in [2.24, 2.45) is 5.73 Å². The summed E-state index contributed by atoms with van der Waals surface area (Å²) < 4.78 is 0. The van der Waals surface area contributed by atoms with Crippen molar-refractivity contribution in [2.45, 2.75) is 82.5 Å². The Morgan fingerprint density at radius 1 is 1.16 bits per heavy atom. The number of amides is 3. The van der Waals surface area contributed by atoms with Gasteiger partial charge in [0.25, 0.3) is 0 Å². The zero-order chi connectivity index (χ0) is 32.6. The molecule has 0 radical (unpaired) electrons. The molecule has 0 fully saturated rings. The normalized spacial score (nSPS) is 24.2. The van der Waals surface area contributed by atoms with E-state index in [-0.39, 0.29) is 30.7 Å². The van der Waals surface area contributed by atoms with Crippen molar-refractivity contribution >= 4 is 23.8 Å². The van der Waals surface area contributed by atoms with E-state index >= 15 is 0 Å². The molecule has 45 heavy (non-hydrogen) atoms. The van der Waals surface area contributed by atoms with Gasteiger partial charge in [-0.05, 0) is 67.4 Å². The first kappa shape index (κ1) is 33.9. The number of carbonyl (C=O) groups excluding carboxylic acids is 3. The highest BCUT2D eigenvalue weighted by Gasteiger charge is 2.35. The topological polar surface area (TPSA) is 116 Å². The molecule has 0 spiro atoms. The molecule has 240 valence electrons. The van der Waals surface area contributed by atoms with Crippen LogP contribution in [0.25, 0.3) is 6.08 Å². The van der Waals surface area contributed by atoms with Gasteiger partial charge in [-0.3, -0.25) is 14.4 Å². The molecule has 2 aliphatic rings. The number of aryl methyl sites for hydroxylation is 1. The van der Waals surface area contributed by atoms with Crippen molar-refractivity contribution in [3.05, 3.63) is 101 Å². The van der Waals surface area contributed by atoms with E-state index in [9.17, 15) is 19.5 Å². The third kappa shape index (κ3) is 9.02. The highest BCUT2D eigenvalue weighted by atomic mass is 16.3. The molecule has 4 rings (SSSR count). The number of benzene rings is 2. The second-order valence-corrected chi connectivity index (χ2v) is 12.6. The van der Waals surface area contributed by atoms with Crippen LogP contribution in [0, 0.1) is 0 Å². The van der Waals surface area contributed by atoms with Gasteiger partial charge in [-0.2, -0.15) is 0 Å². The van der Waals surface area contributed by atoms with Crippen LogP contribution in [-0.4, -0.2) is 77.0 Å². The van der Waals surface area contributed by atoms with Gasteiger partial charge in [0.05, 0.1) is 6.10 Å². The predicted molar refractivity (Wildman–Crippen MR) is 179 cm³/mol. The monoisotopic (exact) mass is 612 g/mol. The molecule has 3 bridgehead atoms. The van der Waals surface area contributed by atoms with Crippen molar-refractivity contribution < 1.29 is 19.5 Å². The summed E-state index contributed by atoms with van der Waals surface area (Å²) in [5, 5.41) is 12.6. The zero-order valence-electron chi connectivity index (χ0n) is 27.0. The van der Waals surface area contributed by atoms with Crippen LogP contribution in [0.3, 0.4) is 0 Å². The lowest BCUT2D eigenvalue weighted by atomic mass is 9.83. The van der Waals surface area contributed by atoms with Crippen LogP contribution >= 0.6 is 0 Å². The van der Waals surface area contributed by atoms with Gasteiger partial charge in [0, 0.05) is 39.0 Å². The summed E-state index contributed by atoms with van der Waals surface area (Å²) >= 11 is 0. The number of nitrogens with one attached hydrogen (secondary N) is 1. The largest absolute Gasteiger partial charge is 0.392 e. The fourth-order valence-corrected chi connectivity index (χ4v) is 6.05. The van der Waals surface area contributed by atoms with E-state index in [1.54, 1.807) is 21.0 Å². The number of nitrogens with two attached hydrogens (primary N) is 1. The van der Waals surface area contributed by atoms with Crippen molar-refractivity contribution in [3.63, 3.8) is 0 Å². The van der Waals surface area contributed by atoms with Crippen LogP contribution in [0.2, 0.25) is 0 Å². The molecule has 1 unspecified atom stereocenters. The fourth-order valence-electron chi connectivity index (χ4n) is 6.05. The number of hydrogen-bond acceptors (Lipinski definition) is 5. The van der Waals surface area contributed by atoms with Crippen LogP contribution < -0.4 is 11.1 Å². The minimum atomic E-state index is -0.855. The molecule has 0 saturated carbocycles. The number of carbonyl (C=O) groups is 3. The average molecular weight is 613 g/mol. The van der Waals surface area contributed by atoms with Gasteiger partial charge in [-0.15, -0.1) is 0 Å². The number of aliphatic hydroxyl groups excluding tert-OH is 1. The van der Waals surface area contributed by atoms with Crippen molar-refractivity contribution in [1.29, 1.82) is 0 Å². The molecular formula is C37H48N4O4. The number of rotatable bonds is 8. The Morgan fingerprint density at radius 2 is 1.91 bits per heavy atom. The van der Waals surface area contributed by atoms with E-state index in [2.05, 4.69) is 42.6 Å². The third-order valence-corrected chi connectivity index (χ3v) is 9.09. The highest BCUT2D eigenvalue weighted by Crippen LogP contribution is 2.29. The molecule has 4 atom stereocenters. The summed E-state index contributed by atoms with van der Waals surface area (Å²) in [7, 11) is 3.26. The molecular weight excluding hydrogens is 564 g/mol. The van der Waals surface area contributed by atoms with Crippen LogP contribution in [0.15, 0.2) is 78.4 Å². The third-order valence-electron chi connectivity index (χ3n) is 9.09. The smallest absolute Gasteiger partial charge is 0.246 e. The minimum Gasteiger partial charge on any atom is -0.392 e. The molecule has 4 N–H and O–H groups in total. The van der Waals surface area contributed by atoms with E-state index in [0.29, 0.717) is 12.8 Å². The second-order valence-electron chi connectivity index (χ2n) is 12.6. The molecule has 2 aromatic rings. The molecule has 0 aromatic heterocycles.